The van der Waals surface area contributed by atoms with E-state index in [2.05, 4.69) is 37.0 Å². The Morgan fingerprint density at radius 3 is 2.68 bits per heavy atom. The van der Waals surface area contributed by atoms with Gasteiger partial charge in [0.25, 0.3) is 0 Å². The predicted octanol–water partition coefficient (Wildman–Crippen LogP) is 2.43. The molecule has 0 amide bonds. The largest absolute Gasteiger partial charge is 0.369 e. The van der Waals surface area contributed by atoms with Crippen molar-refractivity contribution in [2.75, 3.05) is 24.2 Å². The van der Waals surface area contributed by atoms with Gasteiger partial charge < -0.3 is 5.32 Å². The van der Waals surface area contributed by atoms with Crippen LogP contribution in [-0.2, 0) is 29.5 Å². The fraction of sp³-hybridized carbons (Fsp3) is 0.474. The van der Waals surface area contributed by atoms with Gasteiger partial charge in [0.15, 0.2) is 0 Å². The van der Waals surface area contributed by atoms with Crippen molar-refractivity contribution in [3.63, 3.8) is 0 Å². The molecule has 1 aliphatic heterocycles. The van der Waals surface area contributed by atoms with E-state index in [1.807, 2.05) is 18.2 Å². The molecule has 1 aromatic carbocycles. The first-order valence-corrected chi connectivity index (χ1v) is 11.4. The first kappa shape index (κ1) is 21.0. The molecule has 152 valence electrons. The van der Waals surface area contributed by atoms with E-state index >= 15 is 0 Å². The molecule has 0 fully saturated rings. The van der Waals surface area contributed by atoms with Crippen molar-refractivity contribution >= 4 is 27.4 Å². The van der Waals surface area contributed by atoms with Crippen molar-refractivity contribution in [3.05, 3.63) is 52.4 Å². The molecule has 28 heavy (non-hydrogen) atoms. The third kappa shape index (κ3) is 5.88. The predicted molar refractivity (Wildman–Crippen MR) is 112 cm³/mol. The molecule has 7 nitrogen and oxygen atoms in total. The maximum atomic E-state index is 12.0. The second-order valence-corrected chi connectivity index (χ2v) is 9.44. The zero-order valence-electron chi connectivity index (χ0n) is 16.2. The molecule has 3 rings (SSSR count). The third-order valence-electron chi connectivity index (χ3n) is 4.44. The van der Waals surface area contributed by atoms with Gasteiger partial charge in [0, 0.05) is 44.2 Å². The molecule has 2 heterocycles. The fourth-order valence-electron chi connectivity index (χ4n) is 3.28. The number of hydrogen-bond donors (Lipinski definition) is 2. The van der Waals surface area contributed by atoms with E-state index in [-0.39, 0.29) is 23.6 Å². The highest BCUT2D eigenvalue weighted by Gasteiger charge is 2.23. The van der Waals surface area contributed by atoms with Crippen LogP contribution in [-0.4, -0.2) is 48.2 Å². The zero-order valence-corrected chi connectivity index (χ0v) is 17.7. The molecule has 1 aliphatic rings. The minimum absolute atomic E-state index is 0.0324. The highest BCUT2D eigenvalue weighted by molar-refractivity contribution is 7.89. The fourth-order valence-corrected chi connectivity index (χ4v) is 4.68. The number of anilines is 1. The van der Waals surface area contributed by atoms with Crippen LogP contribution >= 0.6 is 11.6 Å². The normalized spacial score (nSPS) is 14.9. The molecule has 0 radical (unpaired) electrons. The molecular weight excluding hydrogens is 398 g/mol. The van der Waals surface area contributed by atoms with Gasteiger partial charge in [0.2, 0.25) is 15.3 Å². The van der Waals surface area contributed by atoms with Gasteiger partial charge in [-0.05, 0) is 31.0 Å². The molecular formula is C19H26ClN5O2S. The monoisotopic (exact) mass is 423 g/mol. The molecule has 0 saturated heterocycles. The van der Waals surface area contributed by atoms with Crippen LogP contribution in [0.2, 0.25) is 5.28 Å². The van der Waals surface area contributed by atoms with Crippen LogP contribution in [0.1, 0.15) is 30.7 Å². The summed E-state index contributed by atoms with van der Waals surface area (Å²) in [6.45, 7) is 6.28. The van der Waals surface area contributed by atoms with Crippen LogP contribution in [0.3, 0.4) is 0 Å². The first-order chi connectivity index (χ1) is 13.3. The lowest BCUT2D eigenvalue weighted by Crippen LogP contribution is -2.35. The van der Waals surface area contributed by atoms with E-state index in [0.29, 0.717) is 12.4 Å². The summed E-state index contributed by atoms with van der Waals surface area (Å²) >= 11 is 6.08. The molecule has 0 aliphatic carbocycles. The van der Waals surface area contributed by atoms with E-state index in [4.69, 9.17) is 11.6 Å². The summed E-state index contributed by atoms with van der Waals surface area (Å²) in [5, 5.41) is 3.33. The van der Waals surface area contributed by atoms with Crippen molar-refractivity contribution in [1.29, 1.82) is 0 Å². The van der Waals surface area contributed by atoms with Crippen molar-refractivity contribution in [2.24, 2.45) is 0 Å². The molecule has 0 atom stereocenters. The molecule has 0 bridgehead atoms. The van der Waals surface area contributed by atoms with Gasteiger partial charge in [0.05, 0.1) is 11.4 Å². The summed E-state index contributed by atoms with van der Waals surface area (Å²) in [6.07, 6.45) is 0.784. The zero-order chi connectivity index (χ0) is 20.1. The number of fused-ring (bicyclic) bond motifs is 1. The molecule has 1 aromatic heterocycles. The lowest BCUT2D eigenvalue weighted by atomic mass is 10.1. The second-order valence-electron chi connectivity index (χ2n) is 7.23. The first-order valence-electron chi connectivity index (χ1n) is 9.38. The standard InChI is InChI=1S/C19H26ClN5O2S/c1-14(2)24-28(26,27)11-9-21-18-16-13-25(12-15-6-4-3-5-7-15)10-8-17(16)22-19(20)23-18/h3-7,14,24H,8-13H2,1-2H3,(H,21,22,23). The number of benzene rings is 1. The maximum absolute atomic E-state index is 12.0. The van der Waals surface area contributed by atoms with Crippen LogP contribution in [0.5, 0.6) is 0 Å². The topological polar surface area (TPSA) is 87.2 Å². The molecule has 0 spiro atoms. The van der Waals surface area contributed by atoms with Gasteiger partial charge in [-0.1, -0.05) is 30.3 Å². The smallest absolute Gasteiger partial charge is 0.224 e. The average Bonchev–Trinajstić information content (AvgIpc) is 2.61. The van der Waals surface area contributed by atoms with E-state index < -0.39 is 10.0 Å². The minimum Gasteiger partial charge on any atom is -0.369 e. The van der Waals surface area contributed by atoms with Gasteiger partial charge in [-0.3, -0.25) is 4.90 Å². The van der Waals surface area contributed by atoms with E-state index in [1.165, 1.54) is 5.56 Å². The Labute approximate surface area is 171 Å². The Hall–Kier alpha value is -1.74. The van der Waals surface area contributed by atoms with Gasteiger partial charge in [-0.2, -0.15) is 0 Å². The maximum Gasteiger partial charge on any atom is 0.224 e. The van der Waals surface area contributed by atoms with Crippen LogP contribution < -0.4 is 10.0 Å². The van der Waals surface area contributed by atoms with Gasteiger partial charge in [-0.15, -0.1) is 0 Å². The molecule has 0 unspecified atom stereocenters. The summed E-state index contributed by atoms with van der Waals surface area (Å²) in [7, 11) is -3.33. The molecule has 0 saturated carbocycles. The Kier molecular flexibility index (Phi) is 6.87. The van der Waals surface area contributed by atoms with E-state index in [0.717, 1.165) is 30.8 Å². The number of halogens is 1. The number of aromatic nitrogens is 2. The van der Waals surface area contributed by atoms with Crippen LogP contribution in [0, 0.1) is 0 Å². The van der Waals surface area contributed by atoms with Crippen molar-refractivity contribution in [2.45, 2.75) is 39.4 Å². The van der Waals surface area contributed by atoms with Crippen molar-refractivity contribution in [1.82, 2.24) is 19.6 Å². The SMILES string of the molecule is CC(C)NS(=O)(=O)CCNc1nc(Cl)nc2c1CN(Cc1ccccc1)CC2. The van der Waals surface area contributed by atoms with Crippen LogP contribution in [0.4, 0.5) is 5.82 Å². The number of rotatable bonds is 8. The summed E-state index contributed by atoms with van der Waals surface area (Å²) in [5.41, 5.74) is 3.16. The van der Waals surface area contributed by atoms with Crippen LogP contribution in [0.25, 0.3) is 0 Å². The van der Waals surface area contributed by atoms with Gasteiger partial charge >= 0.3 is 0 Å². The number of nitrogens with one attached hydrogen (secondary N) is 2. The summed E-state index contributed by atoms with van der Waals surface area (Å²) in [6, 6.07) is 10.2. The third-order valence-corrected chi connectivity index (χ3v) is 6.18. The number of sulfonamides is 1. The highest BCUT2D eigenvalue weighted by atomic mass is 35.5. The number of nitrogens with zero attached hydrogens (tertiary/aromatic N) is 3. The average molecular weight is 424 g/mol. The lowest BCUT2D eigenvalue weighted by molar-refractivity contribution is 0.243. The summed E-state index contributed by atoms with van der Waals surface area (Å²) < 4.78 is 26.6. The van der Waals surface area contributed by atoms with Gasteiger partial charge in [-0.25, -0.2) is 23.1 Å². The molecule has 2 N–H and O–H groups in total. The second kappa shape index (κ2) is 9.17. The Morgan fingerprint density at radius 2 is 1.96 bits per heavy atom. The van der Waals surface area contributed by atoms with E-state index in [9.17, 15) is 8.42 Å². The minimum atomic E-state index is -3.33. The Bertz CT molecular complexity index is 906. The summed E-state index contributed by atoms with van der Waals surface area (Å²) in [4.78, 5) is 11.0. The molecule has 2 aromatic rings. The number of hydrogen-bond acceptors (Lipinski definition) is 6. The quantitative estimate of drug-likeness (QED) is 0.634. The van der Waals surface area contributed by atoms with E-state index in [1.54, 1.807) is 13.8 Å². The lowest BCUT2D eigenvalue weighted by Gasteiger charge is -2.29. The Balaban J connectivity index is 1.69. The van der Waals surface area contributed by atoms with Crippen molar-refractivity contribution < 1.29 is 8.42 Å². The molecule has 9 heteroatoms. The Morgan fingerprint density at radius 1 is 1.21 bits per heavy atom. The highest BCUT2D eigenvalue weighted by Crippen LogP contribution is 2.26. The van der Waals surface area contributed by atoms with Gasteiger partial charge in [0.1, 0.15) is 5.82 Å². The van der Waals surface area contributed by atoms with Crippen molar-refractivity contribution in [3.8, 4) is 0 Å². The summed E-state index contributed by atoms with van der Waals surface area (Å²) in [5.74, 6) is 0.586. The van der Waals surface area contributed by atoms with Crippen LogP contribution in [0.15, 0.2) is 30.3 Å².